The number of aliphatic hydroxyl groups is 1. The van der Waals surface area contributed by atoms with Crippen molar-refractivity contribution in [1.82, 2.24) is 9.97 Å². The number of rotatable bonds is 3. The van der Waals surface area contributed by atoms with Crippen LogP contribution in [0.1, 0.15) is 13.8 Å². The number of nitrogens with zero attached hydrogens (tertiary/aromatic N) is 2. The number of allylic oxidation sites excluding steroid dienone is 2. The minimum atomic E-state index is -0.649. The number of ketones is 1. The smallest absolute Gasteiger partial charge is 0.155 e. The van der Waals surface area contributed by atoms with Gasteiger partial charge >= 0.3 is 0 Å². The third-order valence-corrected chi connectivity index (χ3v) is 3.97. The topological polar surface area (TPSA) is 63.1 Å². The predicted molar refractivity (Wildman–Crippen MR) is 124 cm³/mol. The van der Waals surface area contributed by atoms with E-state index in [9.17, 15) is 22.4 Å². The summed E-state index contributed by atoms with van der Waals surface area (Å²) in [7, 11) is 0. The maximum absolute atomic E-state index is 13.2. The Balaban J connectivity index is 0.000000542. The second-order valence-electron chi connectivity index (χ2n) is 6.91. The summed E-state index contributed by atoms with van der Waals surface area (Å²) < 4.78 is 51.6. The number of carbonyl (C=O) groups excluding carboxylic acids is 1. The fourth-order valence-electron chi connectivity index (χ4n) is 2.60. The fourth-order valence-corrected chi connectivity index (χ4v) is 2.60. The molecule has 0 radical (unpaired) electrons. The van der Waals surface area contributed by atoms with Crippen molar-refractivity contribution in [1.29, 1.82) is 0 Å². The van der Waals surface area contributed by atoms with E-state index in [2.05, 4.69) is 22.1 Å². The quantitative estimate of drug-likeness (QED) is 0.108. The van der Waals surface area contributed by atoms with Crippen LogP contribution < -0.4 is 0 Å². The van der Waals surface area contributed by atoms with Crippen LogP contribution in [0.4, 0.5) is 17.6 Å². The molecule has 1 N–H and O–H groups in total. The molecule has 4 nitrogen and oxygen atoms in total. The molecule has 2 heterocycles. The SMILES string of the molecule is CC(=O)C=C(C)O.Fc1c[c-]c(-c2ccccn2)c(F)c1.Fc1c[c-]c(-c2ccccn2)c(F)c1.[Pt].[Pt]. The molecule has 0 aliphatic carbocycles. The van der Waals surface area contributed by atoms with Gasteiger partial charge in [-0.1, -0.05) is 47.5 Å². The molecule has 0 aliphatic rings. The van der Waals surface area contributed by atoms with Gasteiger partial charge in [0, 0.05) is 83.9 Å². The molecule has 0 bridgehead atoms. The number of pyridine rings is 2. The van der Waals surface area contributed by atoms with E-state index in [0.717, 1.165) is 24.3 Å². The summed E-state index contributed by atoms with van der Waals surface area (Å²) in [6, 6.07) is 19.1. The molecule has 2 aromatic carbocycles. The molecule has 4 rings (SSSR count). The first-order valence-electron chi connectivity index (χ1n) is 10.1. The molecule has 0 fully saturated rings. The zero-order chi connectivity index (χ0) is 25.8. The Kier molecular flexibility index (Phi) is 16.1. The van der Waals surface area contributed by atoms with E-state index in [1.54, 1.807) is 48.8 Å². The van der Waals surface area contributed by atoms with Gasteiger partial charge in [0.25, 0.3) is 0 Å². The second kappa shape index (κ2) is 17.5. The van der Waals surface area contributed by atoms with Crippen molar-refractivity contribution < 1.29 is 69.6 Å². The average Bonchev–Trinajstić information content (AvgIpc) is 2.80. The van der Waals surface area contributed by atoms with Crippen LogP contribution in [0.3, 0.4) is 0 Å². The van der Waals surface area contributed by atoms with Gasteiger partial charge in [-0.2, -0.15) is 0 Å². The Hall–Kier alpha value is -2.95. The van der Waals surface area contributed by atoms with Crippen LogP contribution in [0.15, 0.2) is 84.9 Å². The first kappa shape index (κ1) is 34.0. The molecule has 200 valence electrons. The summed E-state index contributed by atoms with van der Waals surface area (Å²) in [6.07, 6.45) is 4.26. The van der Waals surface area contributed by atoms with Gasteiger partial charge in [-0.15, -0.1) is 24.3 Å². The van der Waals surface area contributed by atoms with Crippen molar-refractivity contribution in [3.8, 4) is 22.5 Å². The summed E-state index contributed by atoms with van der Waals surface area (Å²) in [5.41, 5.74) is 1.27. The number of carbonyl (C=O) groups is 1. The van der Waals surface area contributed by atoms with Crippen molar-refractivity contribution in [2.24, 2.45) is 0 Å². The van der Waals surface area contributed by atoms with Gasteiger partial charge in [-0.3, -0.25) is 22.4 Å². The molecule has 0 saturated carbocycles. The van der Waals surface area contributed by atoms with Crippen molar-refractivity contribution in [3.63, 3.8) is 0 Å². The summed E-state index contributed by atoms with van der Waals surface area (Å²) in [4.78, 5) is 17.9. The van der Waals surface area contributed by atoms with Crippen LogP contribution in [-0.2, 0) is 46.9 Å². The van der Waals surface area contributed by atoms with Crippen molar-refractivity contribution >= 4 is 5.78 Å². The minimum Gasteiger partial charge on any atom is -0.512 e. The van der Waals surface area contributed by atoms with Gasteiger partial charge in [0.15, 0.2) is 5.78 Å². The maximum Gasteiger partial charge on any atom is 0.155 e. The standard InChI is InChI=1S/2C11H6F2N.C5H8O2.2Pt/c2*12-8-4-5-9(10(13)7-8)11-3-1-2-6-14-11;1-4(6)3-5(2)7;;/h2*1-4,6-7H;3,6H,1-2H3;;/q2*-1;;;. The number of aromatic nitrogens is 2. The van der Waals surface area contributed by atoms with E-state index in [1.807, 2.05) is 0 Å². The molecule has 0 saturated heterocycles. The fraction of sp³-hybridized carbons (Fsp3) is 0.0741. The van der Waals surface area contributed by atoms with E-state index >= 15 is 0 Å². The second-order valence-corrected chi connectivity index (χ2v) is 6.91. The largest absolute Gasteiger partial charge is 0.512 e. The van der Waals surface area contributed by atoms with Crippen LogP contribution in [0.2, 0.25) is 0 Å². The third kappa shape index (κ3) is 12.2. The third-order valence-electron chi connectivity index (χ3n) is 3.97. The van der Waals surface area contributed by atoms with Crippen LogP contribution in [0.25, 0.3) is 22.5 Å². The molecule has 37 heavy (non-hydrogen) atoms. The Morgan fingerprint density at radius 2 is 1.19 bits per heavy atom. The molecular formula is C27H20F4N2O2Pt2-2. The van der Waals surface area contributed by atoms with Gasteiger partial charge in [0.05, 0.1) is 5.76 Å². The molecule has 2 aromatic heterocycles. The van der Waals surface area contributed by atoms with Crippen molar-refractivity contribution in [3.05, 3.63) is 120 Å². The molecule has 0 aliphatic heterocycles. The summed E-state index contributed by atoms with van der Waals surface area (Å²) in [6.45, 7) is 2.85. The Morgan fingerprint density at radius 1 is 0.784 bits per heavy atom. The Labute approximate surface area is 241 Å². The Bertz CT molecular complexity index is 1200. The minimum absolute atomic E-state index is 0. The molecule has 0 spiro atoms. The monoisotopic (exact) mass is 870 g/mol. The van der Waals surface area contributed by atoms with Gasteiger partial charge in [-0.05, 0) is 37.4 Å². The zero-order valence-corrected chi connectivity index (χ0v) is 23.9. The molecular weight excluding hydrogens is 850 g/mol. The number of halogens is 4. The number of benzene rings is 2. The van der Waals surface area contributed by atoms with Gasteiger partial charge in [-0.25, -0.2) is 0 Å². The van der Waals surface area contributed by atoms with E-state index in [4.69, 9.17) is 5.11 Å². The van der Waals surface area contributed by atoms with E-state index in [0.29, 0.717) is 11.4 Å². The first-order valence-corrected chi connectivity index (χ1v) is 10.1. The van der Waals surface area contributed by atoms with Gasteiger partial charge in [0.1, 0.15) is 0 Å². The predicted octanol–water partition coefficient (Wildman–Crippen LogP) is 6.69. The molecule has 10 heteroatoms. The molecule has 0 unspecified atom stereocenters. The van der Waals surface area contributed by atoms with Crippen molar-refractivity contribution in [2.45, 2.75) is 13.8 Å². The van der Waals surface area contributed by atoms with Gasteiger partial charge in [0.2, 0.25) is 0 Å². The number of hydrogen-bond acceptors (Lipinski definition) is 4. The van der Waals surface area contributed by atoms with E-state index < -0.39 is 23.3 Å². The number of hydrogen-bond donors (Lipinski definition) is 1. The van der Waals surface area contributed by atoms with Crippen molar-refractivity contribution in [2.75, 3.05) is 0 Å². The normalized spacial score (nSPS) is 9.84. The van der Waals surface area contributed by atoms with E-state index in [1.165, 1.54) is 19.9 Å². The summed E-state index contributed by atoms with van der Waals surface area (Å²) in [5, 5.41) is 8.36. The molecule has 0 amide bonds. The zero-order valence-electron chi connectivity index (χ0n) is 19.4. The van der Waals surface area contributed by atoms with Crippen LogP contribution in [0.5, 0.6) is 0 Å². The Morgan fingerprint density at radius 3 is 1.43 bits per heavy atom. The van der Waals surface area contributed by atoms with Crippen LogP contribution in [-0.4, -0.2) is 20.9 Å². The number of aliphatic hydroxyl groups excluding tert-OH is 1. The van der Waals surface area contributed by atoms with Gasteiger partial charge < -0.3 is 15.1 Å². The summed E-state index contributed by atoms with van der Waals surface area (Å²) in [5.74, 6) is -2.63. The van der Waals surface area contributed by atoms with Crippen LogP contribution >= 0.6 is 0 Å². The maximum atomic E-state index is 13.2. The summed E-state index contributed by atoms with van der Waals surface area (Å²) >= 11 is 0. The van der Waals surface area contributed by atoms with Crippen LogP contribution in [0, 0.1) is 35.4 Å². The molecule has 4 aromatic rings. The molecule has 0 atom stereocenters. The van der Waals surface area contributed by atoms with E-state index in [-0.39, 0.29) is 64.8 Å². The first-order chi connectivity index (χ1) is 16.7. The average molecular weight is 871 g/mol.